The molecule has 0 saturated carbocycles. The first-order chi connectivity index (χ1) is 3.81. The number of hydrogen-bond acceptors (Lipinski definition) is 1. The molecule has 0 N–H and O–H groups in total. The van der Waals surface area contributed by atoms with Gasteiger partial charge in [0.2, 0.25) is 0 Å². The summed E-state index contributed by atoms with van der Waals surface area (Å²) in [7, 11) is 0. The first-order valence-corrected chi connectivity index (χ1v) is 3.24. The second-order valence-corrected chi connectivity index (χ2v) is 2.30. The van der Waals surface area contributed by atoms with Crippen LogP contribution in [-0.4, -0.2) is 6.29 Å². The molecule has 0 heterocycles. The summed E-state index contributed by atoms with van der Waals surface area (Å²) in [6, 6.07) is 0. The number of hydrogen-bond donors (Lipinski definition) is 0. The minimum atomic E-state index is 0.595. The van der Waals surface area contributed by atoms with Crippen LogP contribution in [0.5, 0.6) is 0 Å². The molecule has 48 valence electrons. The molecule has 0 aliphatic rings. The maximum Gasteiger partial charge on any atom is 0.120 e. The molecule has 0 aliphatic carbocycles. The van der Waals surface area contributed by atoms with Crippen LogP contribution in [0.3, 0.4) is 0 Å². The molecule has 0 aromatic carbocycles. The minimum Gasteiger partial charge on any atom is -0.303 e. The highest BCUT2D eigenvalue weighted by Gasteiger charge is 1.96. The summed E-state index contributed by atoms with van der Waals surface area (Å²) in [4.78, 5) is 9.89. The molecule has 0 fully saturated rings. The molecule has 0 unspecified atom stereocenters. The van der Waals surface area contributed by atoms with Crippen molar-refractivity contribution >= 4 is 6.29 Å². The van der Waals surface area contributed by atoms with Gasteiger partial charge in [-0.25, -0.2) is 0 Å². The molecule has 0 radical (unpaired) electrons. The topological polar surface area (TPSA) is 17.1 Å². The van der Waals surface area contributed by atoms with Crippen LogP contribution < -0.4 is 0 Å². The average molecular weight is 114 g/mol. The Morgan fingerprint density at radius 2 is 2.25 bits per heavy atom. The van der Waals surface area contributed by atoms with Crippen molar-refractivity contribution in [1.82, 2.24) is 0 Å². The fourth-order valence-electron chi connectivity index (χ4n) is 0.775. The molecule has 1 atom stereocenters. The van der Waals surface area contributed by atoms with E-state index >= 15 is 0 Å². The van der Waals surface area contributed by atoms with Gasteiger partial charge >= 0.3 is 0 Å². The van der Waals surface area contributed by atoms with E-state index in [2.05, 4.69) is 13.8 Å². The predicted molar refractivity (Wildman–Crippen MR) is 34.8 cm³/mol. The summed E-state index contributed by atoms with van der Waals surface area (Å²) in [5.74, 6) is 0.595. The normalized spacial score (nSPS) is 13.2. The highest BCUT2D eigenvalue weighted by Crippen LogP contribution is 2.06. The fourth-order valence-corrected chi connectivity index (χ4v) is 0.775. The molecular formula is C7H14O. The minimum absolute atomic E-state index is 0.595. The molecule has 0 amide bonds. The lowest BCUT2D eigenvalue weighted by Gasteiger charge is -2.01. The van der Waals surface area contributed by atoms with Gasteiger partial charge in [-0.15, -0.1) is 0 Å². The van der Waals surface area contributed by atoms with Gasteiger partial charge < -0.3 is 4.79 Å². The van der Waals surface area contributed by atoms with Crippen LogP contribution in [0.15, 0.2) is 0 Å². The van der Waals surface area contributed by atoms with E-state index in [-0.39, 0.29) is 0 Å². The van der Waals surface area contributed by atoms with Crippen LogP contribution >= 0.6 is 0 Å². The van der Waals surface area contributed by atoms with Crippen molar-refractivity contribution in [1.29, 1.82) is 0 Å². The summed E-state index contributed by atoms with van der Waals surface area (Å²) >= 11 is 0. The maximum atomic E-state index is 9.89. The van der Waals surface area contributed by atoms with E-state index in [1.54, 1.807) is 0 Å². The first kappa shape index (κ1) is 7.67. The molecule has 0 aliphatic heterocycles. The van der Waals surface area contributed by atoms with Crippen LogP contribution in [-0.2, 0) is 4.79 Å². The Morgan fingerprint density at radius 1 is 1.62 bits per heavy atom. The Balaban J connectivity index is 3.03. The maximum absolute atomic E-state index is 9.89. The van der Waals surface area contributed by atoms with Crippen molar-refractivity contribution in [2.45, 2.75) is 33.1 Å². The predicted octanol–water partition coefficient (Wildman–Crippen LogP) is 2.01. The van der Waals surface area contributed by atoms with Crippen LogP contribution in [0.4, 0.5) is 0 Å². The Hall–Kier alpha value is -0.330. The lowest BCUT2D eigenvalue weighted by Crippen LogP contribution is -1.92. The van der Waals surface area contributed by atoms with Gasteiger partial charge in [-0.05, 0) is 5.92 Å². The van der Waals surface area contributed by atoms with E-state index in [0.29, 0.717) is 5.92 Å². The number of rotatable bonds is 4. The molecular weight excluding hydrogens is 100 g/mol. The van der Waals surface area contributed by atoms with Gasteiger partial charge in [0.25, 0.3) is 0 Å². The van der Waals surface area contributed by atoms with E-state index in [4.69, 9.17) is 0 Å². The van der Waals surface area contributed by atoms with Gasteiger partial charge in [-0.3, -0.25) is 0 Å². The van der Waals surface area contributed by atoms with Crippen LogP contribution in [0.2, 0.25) is 0 Å². The highest BCUT2D eigenvalue weighted by atomic mass is 16.1. The Morgan fingerprint density at radius 3 is 2.62 bits per heavy atom. The van der Waals surface area contributed by atoms with Gasteiger partial charge in [-0.2, -0.15) is 0 Å². The van der Waals surface area contributed by atoms with Gasteiger partial charge in [0, 0.05) is 6.42 Å². The molecule has 1 heteroatoms. The molecule has 0 aromatic rings. The van der Waals surface area contributed by atoms with Crippen molar-refractivity contribution in [2.24, 2.45) is 5.92 Å². The molecule has 0 spiro atoms. The summed E-state index contributed by atoms with van der Waals surface area (Å²) in [6.07, 6.45) is 4.10. The second-order valence-electron chi connectivity index (χ2n) is 2.30. The van der Waals surface area contributed by atoms with Crippen LogP contribution in [0.1, 0.15) is 33.1 Å². The van der Waals surface area contributed by atoms with Gasteiger partial charge in [0.15, 0.2) is 0 Å². The summed E-state index contributed by atoms with van der Waals surface area (Å²) in [5.41, 5.74) is 0. The lowest BCUT2D eigenvalue weighted by molar-refractivity contribution is -0.108. The lowest BCUT2D eigenvalue weighted by atomic mass is 10.0. The van der Waals surface area contributed by atoms with E-state index < -0.39 is 0 Å². The third-order valence-corrected chi connectivity index (χ3v) is 1.28. The molecule has 0 saturated heterocycles. The fraction of sp³-hybridized carbons (Fsp3) is 0.857. The largest absolute Gasteiger partial charge is 0.303 e. The summed E-state index contributed by atoms with van der Waals surface area (Å²) in [6.45, 7) is 4.25. The third-order valence-electron chi connectivity index (χ3n) is 1.28. The average Bonchev–Trinajstić information content (AvgIpc) is 1.68. The molecule has 0 rings (SSSR count). The Labute approximate surface area is 51.1 Å². The third kappa shape index (κ3) is 3.85. The van der Waals surface area contributed by atoms with Crippen LogP contribution in [0, 0.1) is 5.92 Å². The highest BCUT2D eigenvalue weighted by molar-refractivity contribution is 5.49. The van der Waals surface area contributed by atoms with Gasteiger partial charge in [0.05, 0.1) is 0 Å². The molecule has 0 bridgehead atoms. The van der Waals surface area contributed by atoms with E-state index in [1.165, 1.54) is 12.8 Å². The molecule has 1 nitrogen and oxygen atoms in total. The van der Waals surface area contributed by atoms with Crippen molar-refractivity contribution in [2.75, 3.05) is 0 Å². The van der Waals surface area contributed by atoms with E-state index in [9.17, 15) is 4.79 Å². The zero-order chi connectivity index (χ0) is 6.41. The number of carbonyl (C=O) groups is 1. The standard InChI is InChI=1S/C7H14O/c1-3-4-7(2)5-6-8/h6-7H,3-5H2,1-2H3/t7-/m1/s1. The quantitative estimate of drug-likeness (QED) is 0.511. The van der Waals surface area contributed by atoms with Crippen molar-refractivity contribution < 1.29 is 4.79 Å². The SMILES string of the molecule is CCC[C@@H](C)CC=O. The van der Waals surface area contributed by atoms with Gasteiger partial charge in [0.1, 0.15) is 6.29 Å². The summed E-state index contributed by atoms with van der Waals surface area (Å²) in [5, 5.41) is 0. The molecule has 0 aromatic heterocycles. The number of carbonyl (C=O) groups excluding carboxylic acids is 1. The molecule has 8 heavy (non-hydrogen) atoms. The van der Waals surface area contributed by atoms with Crippen LogP contribution in [0.25, 0.3) is 0 Å². The Bertz CT molecular complexity index is 59.4. The summed E-state index contributed by atoms with van der Waals surface area (Å²) < 4.78 is 0. The van der Waals surface area contributed by atoms with Crippen molar-refractivity contribution in [3.63, 3.8) is 0 Å². The second kappa shape index (κ2) is 4.82. The monoisotopic (exact) mass is 114 g/mol. The van der Waals surface area contributed by atoms with E-state index in [1.807, 2.05) is 0 Å². The zero-order valence-corrected chi connectivity index (χ0v) is 5.68. The number of aldehydes is 1. The Kier molecular flexibility index (Phi) is 4.62. The zero-order valence-electron chi connectivity index (χ0n) is 5.68. The van der Waals surface area contributed by atoms with Gasteiger partial charge in [-0.1, -0.05) is 26.7 Å². The smallest absolute Gasteiger partial charge is 0.120 e. The van der Waals surface area contributed by atoms with Crippen molar-refractivity contribution in [3.8, 4) is 0 Å². The van der Waals surface area contributed by atoms with Crippen molar-refractivity contribution in [3.05, 3.63) is 0 Å². The first-order valence-electron chi connectivity index (χ1n) is 3.24. The van der Waals surface area contributed by atoms with E-state index in [0.717, 1.165) is 12.7 Å².